The van der Waals surface area contributed by atoms with Crippen molar-refractivity contribution in [2.75, 3.05) is 19.4 Å². The summed E-state index contributed by atoms with van der Waals surface area (Å²) in [6.07, 6.45) is 0. The summed E-state index contributed by atoms with van der Waals surface area (Å²) in [5.41, 5.74) is 2.83. The standard InChI is InChI=1S/C20H23NO4S/c1-3-26-14-16-4-8-17(9-5-16)20(24)21(2)12-15-6-10-18(11-7-15)25-13-19(22)23/h4-11H,3,12-14H2,1-2H3,(H,22,23). The normalized spacial score (nSPS) is 10.4. The number of hydrogen-bond acceptors (Lipinski definition) is 4. The summed E-state index contributed by atoms with van der Waals surface area (Å²) in [5.74, 6) is 1.47. The van der Waals surface area contributed by atoms with Gasteiger partial charge in [-0.25, -0.2) is 4.79 Å². The molecule has 0 unspecified atom stereocenters. The second kappa shape index (κ2) is 9.87. The molecule has 2 rings (SSSR count). The molecule has 0 aliphatic carbocycles. The number of ether oxygens (including phenoxy) is 1. The quantitative estimate of drug-likeness (QED) is 0.726. The van der Waals surface area contributed by atoms with Crippen molar-refractivity contribution in [2.45, 2.75) is 19.2 Å². The smallest absolute Gasteiger partial charge is 0.341 e. The number of amides is 1. The lowest BCUT2D eigenvalue weighted by atomic mass is 10.1. The summed E-state index contributed by atoms with van der Waals surface area (Å²) in [6.45, 7) is 2.22. The Morgan fingerprint density at radius 1 is 1.04 bits per heavy atom. The summed E-state index contributed by atoms with van der Waals surface area (Å²) in [6, 6.07) is 14.8. The molecule has 1 amide bonds. The van der Waals surface area contributed by atoms with E-state index in [0.29, 0.717) is 17.9 Å². The van der Waals surface area contributed by atoms with E-state index in [4.69, 9.17) is 9.84 Å². The Labute approximate surface area is 158 Å². The van der Waals surface area contributed by atoms with Crippen LogP contribution in [0.2, 0.25) is 0 Å². The lowest BCUT2D eigenvalue weighted by Gasteiger charge is -2.18. The Hall–Kier alpha value is -2.47. The van der Waals surface area contributed by atoms with E-state index in [1.807, 2.05) is 48.2 Å². The molecule has 0 radical (unpaired) electrons. The van der Waals surface area contributed by atoms with Crippen molar-refractivity contribution in [3.05, 3.63) is 65.2 Å². The fourth-order valence-electron chi connectivity index (χ4n) is 2.37. The Morgan fingerprint density at radius 2 is 1.65 bits per heavy atom. The molecule has 0 fully saturated rings. The van der Waals surface area contributed by atoms with E-state index in [2.05, 4.69) is 6.92 Å². The zero-order chi connectivity index (χ0) is 18.9. The second-order valence-corrected chi connectivity index (χ2v) is 7.10. The van der Waals surface area contributed by atoms with Gasteiger partial charge in [0.1, 0.15) is 5.75 Å². The number of rotatable bonds is 9. The largest absolute Gasteiger partial charge is 0.482 e. The molecule has 0 saturated carbocycles. The first-order chi connectivity index (χ1) is 12.5. The van der Waals surface area contributed by atoms with Crippen LogP contribution in [0.25, 0.3) is 0 Å². The lowest BCUT2D eigenvalue weighted by molar-refractivity contribution is -0.139. The zero-order valence-corrected chi connectivity index (χ0v) is 15.8. The molecular weight excluding hydrogens is 350 g/mol. The Bertz CT molecular complexity index is 728. The fourth-order valence-corrected chi connectivity index (χ4v) is 3.00. The summed E-state index contributed by atoms with van der Waals surface area (Å²) in [5, 5.41) is 8.61. The van der Waals surface area contributed by atoms with Gasteiger partial charge in [-0.05, 0) is 41.1 Å². The van der Waals surface area contributed by atoms with Gasteiger partial charge in [0, 0.05) is 24.9 Å². The third-order valence-corrected chi connectivity index (χ3v) is 4.67. The molecule has 0 heterocycles. The minimum absolute atomic E-state index is 0.0362. The summed E-state index contributed by atoms with van der Waals surface area (Å²) in [7, 11) is 1.76. The molecule has 1 N–H and O–H groups in total. The van der Waals surface area contributed by atoms with Crippen LogP contribution in [0.15, 0.2) is 48.5 Å². The molecule has 5 nitrogen and oxygen atoms in total. The van der Waals surface area contributed by atoms with Gasteiger partial charge in [-0.3, -0.25) is 4.79 Å². The Kier molecular flexibility index (Phi) is 7.53. The van der Waals surface area contributed by atoms with Gasteiger partial charge >= 0.3 is 5.97 Å². The Balaban J connectivity index is 1.92. The van der Waals surface area contributed by atoms with Gasteiger partial charge in [0.15, 0.2) is 6.61 Å². The minimum Gasteiger partial charge on any atom is -0.482 e. The van der Waals surface area contributed by atoms with E-state index in [0.717, 1.165) is 17.1 Å². The number of nitrogens with zero attached hydrogens (tertiary/aromatic N) is 1. The zero-order valence-electron chi connectivity index (χ0n) is 15.0. The van der Waals surface area contributed by atoms with Crippen molar-refractivity contribution in [3.63, 3.8) is 0 Å². The van der Waals surface area contributed by atoms with E-state index < -0.39 is 5.97 Å². The van der Waals surface area contributed by atoms with Crippen LogP contribution in [0.4, 0.5) is 0 Å². The maximum Gasteiger partial charge on any atom is 0.341 e. The summed E-state index contributed by atoms with van der Waals surface area (Å²) in [4.78, 5) is 24.7. The highest BCUT2D eigenvalue weighted by Gasteiger charge is 2.12. The monoisotopic (exact) mass is 373 g/mol. The number of aliphatic carboxylic acids is 1. The number of carbonyl (C=O) groups excluding carboxylic acids is 1. The highest BCUT2D eigenvalue weighted by Crippen LogP contribution is 2.16. The van der Waals surface area contributed by atoms with Crippen molar-refractivity contribution >= 4 is 23.6 Å². The van der Waals surface area contributed by atoms with Crippen LogP contribution in [-0.2, 0) is 17.1 Å². The first kappa shape index (κ1) is 19.8. The first-order valence-electron chi connectivity index (χ1n) is 8.35. The number of hydrogen-bond donors (Lipinski definition) is 1. The van der Waals surface area contributed by atoms with Gasteiger partial charge < -0.3 is 14.7 Å². The molecule has 0 aliphatic heterocycles. The number of carboxylic acid groups (broad SMARTS) is 1. The SMILES string of the molecule is CCSCc1ccc(C(=O)N(C)Cc2ccc(OCC(=O)O)cc2)cc1. The van der Waals surface area contributed by atoms with Crippen molar-refractivity contribution in [3.8, 4) is 5.75 Å². The van der Waals surface area contributed by atoms with E-state index in [9.17, 15) is 9.59 Å². The highest BCUT2D eigenvalue weighted by molar-refractivity contribution is 7.98. The van der Waals surface area contributed by atoms with E-state index in [1.165, 1.54) is 5.56 Å². The van der Waals surface area contributed by atoms with Crippen molar-refractivity contribution in [2.24, 2.45) is 0 Å². The highest BCUT2D eigenvalue weighted by atomic mass is 32.2. The molecule has 2 aromatic rings. The molecule has 0 aliphatic rings. The average molecular weight is 373 g/mol. The van der Waals surface area contributed by atoms with E-state index >= 15 is 0 Å². The van der Waals surface area contributed by atoms with Crippen molar-refractivity contribution < 1.29 is 19.4 Å². The fraction of sp³-hybridized carbons (Fsp3) is 0.300. The third-order valence-electron chi connectivity index (χ3n) is 3.73. The van der Waals surface area contributed by atoms with Crippen LogP contribution in [0.3, 0.4) is 0 Å². The molecule has 2 aromatic carbocycles. The minimum atomic E-state index is -1.02. The van der Waals surface area contributed by atoms with E-state index in [1.54, 1.807) is 24.1 Å². The number of benzene rings is 2. The van der Waals surface area contributed by atoms with Crippen LogP contribution in [-0.4, -0.2) is 41.3 Å². The predicted octanol–water partition coefficient (Wildman–Crippen LogP) is 3.68. The molecule has 26 heavy (non-hydrogen) atoms. The molecular formula is C20H23NO4S. The van der Waals surface area contributed by atoms with Crippen molar-refractivity contribution in [1.82, 2.24) is 4.90 Å². The molecule has 6 heteroatoms. The van der Waals surface area contributed by atoms with Crippen LogP contribution >= 0.6 is 11.8 Å². The summed E-state index contributed by atoms with van der Waals surface area (Å²) < 4.78 is 5.10. The number of thioether (sulfide) groups is 1. The first-order valence-corrected chi connectivity index (χ1v) is 9.50. The predicted molar refractivity (Wildman–Crippen MR) is 104 cm³/mol. The van der Waals surface area contributed by atoms with Gasteiger partial charge in [0.25, 0.3) is 5.91 Å². The number of carboxylic acids is 1. The molecule has 0 saturated heterocycles. The average Bonchev–Trinajstić information content (AvgIpc) is 2.65. The molecule has 0 bridgehead atoms. The van der Waals surface area contributed by atoms with Crippen LogP contribution < -0.4 is 4.74 Å². The molecule has 0 spiro atoms. The second-order valence-electron chi connectivity index (χ2n) is 5.82. The third kappa shape index (κ3) is 6.11. The van der Waals surface area contributed by atoms with Crippen LogP contribution in [0.1, 0.15) is 28.4 Å². The van der Waals surface area contributed by atoms with Gasteiger partial charge in [-0.1, -0.05) is 31.2 Å². The molecule has 0 aromatic heterocycles. The topological polar surface area (TPSA) is 66.8 Å². The van der Waals surface area contributed by atoms with Crippen molar-refractivity contribution in [1.29, 1.82) is 0 Å². The van der Waals surface area contributed by atoms with Gasteiger partial charge in [0.2, 0.25) is 0 Å². The van der Waals surface area contributed by atoms with Gasteiger partial charge in [-0.2, -0.15) is 11.8 Å². The van der Waals surface area contributed by atoms with Crippen LogP contribution in [0.5, 0.6) is 5.75 Å². The molecule has 0 atom stereocenters. The maximum atomic E-state index is 12.5. The number of carbonyl (C=O) groups is 2. The van der Waals surface area contributed by atoms with Gasteiger partial charge in [-0.15, -0.1) is 0 Å². The maximum absolute atomic E-state index is 12.5. The van der Waals surface area contributed by atoms with Gasteiger partial charge in [0.05, 0.1) is 0 Å². The molecule has 138 valence electrons. The summed E-state index contributed by atoms with van der Waals surface area (Å²) >= 11 is 1.85. The van der Waals surface area contributed by atoms with Crippen LogP contribution in [0, 0.1) is 0 Å². The lowest BCUT2D eigenvalue weighted by Crippen LogP contribution is -2.26. The Morgan fingerprint density at radius 3 is 2.23 bits per heavy atom. The van der Waals surface area contributed by atoms with E-state index in [-0.39, 0.29) is 12.5 Å².